The number of terminal acetylenes is 2. The Balaban J connectivity index is 2.64. The van der Waals surface area contributed by atoms with E-state index in [4.69, 9.17) is 24.4 Å². The van der Waals surface area contributed by atoms with E-state index >= 15 is 0 Å². The van der Waals surface area contributed by atoms with E-state index in [1.54, 1.807) is 0 Å². The van der Waals surface area contributed by atoms with E-state index in [1.165, 1.54) is 22.8 Å². The van der Waals surface area contributed by atoms with Crippen LogP contribution in [0.15, 0.2) is 23.0 Å². The van der Waals surface area contributed by atoms with E-state index in [0.29, 0.717) is 11.4 Å². The zero-order chi connectivity index (χ0) is 14.7. The molecule has 0 aliphatic rings. The fourth-order valence-corrected chi connectivity index (χ4v) is 1.89. The highest BCUT2D eigenvalue weighted by Gasteiger charge is 2.15. The first-order valence-corrected chi connectivity index (χ1v) is 5.96. The van der Waals surface area contributed by atoms with Gasteiger partial charge in [0.2, 0.25) is 0 Å². The van der Waals surface area contributed by atoms with Gasteiger partial charge >= 0.3 is 5.69 Å². The molecule has 0 N–H and O–H groups in total. The molecule has 100 valence electrons. The highest BCUT2D eigenvalue weighted by Crippen LogP contribution is 2.22. The highest BCUT2D eigenvalue weighted by molar-refractivity contribution is 6.31. The molecule has 0 fully saturated rings. The molecule has 1 heterocycles. The molecule has 0 aliphatic heterocycles. The number of hydrogen-bond acceptors (Lipinski definition) is 2. The summed E-state index contributed by atoms with van der Waals surface area (Å²) in [7, 11) is 0. The smallest absolute Gasteiger partial charge is 0.263 e. The maximum absolute atomic E-state index is 13.2. The fourth-order valence-electron chi connectivity index (χ4n) is 1.71. The minimum Gasteiger partial charge on any atom is -0.263 e. The normalized spacial score (nSPS) is 10.0. The summed E-state index contributed by atoms with van der Waals surface area (Å²) in [5.41, 5.74) is 0.0656. The summed E-state index contributed by atoms with van der Waals surface area (Å²) in [5.74, 6) is 4.44. The van der Waals surface area contributed by atoms with E-state index in [-0.39, 0.29) is 18.1 Å². The van der Waals surface area contributed by atoms with Crippen molar-refractivity contribution in [3.8, 4) is 36.1 Å². The third kappa shape index (κ3) is 2.45. The zero-order valence-electron chi connectivity index (χ0n) is 10.3. The molecule has 2 aromatic rings. The summed E-state index contributed by atoms with van der Waals surface area (Å²) < 4.78 is 15.6. The quantitative estimate of drug-likeness (QED) is 0.808. The molecule has 2 rings (SSSR count). The molecule has 0 spiro atoms. The van der Waals surface area contributed by atoms with Gasteiger partial charge in [-0.15, -0.1) is 17.9 Å². The summed E-state index contributed by atoms with van der Waals surface area (Å²) >= 11 is 5.73. The number of halogens is 2. The third-order valence-corrected chi connectivity index (χ3v) is 2.88. The molecule has 1 aromatic heterocycles. The van der Waals surface area contributed by atoms with Crippen LogP contribution >= 0.6 is 11.6 Å². The average molecular weight is 290 g/mol. The Hall–Kier alpha value is -2.50. The number of rotatable bonds is 3. The second-order valence-electron chi connectivity index (χ2n) is 3.89. The van der Waals surface area contributed by atoms with Crippen LogP contribution in [0.5, 0.6) is 0 Å². The van der Waals surface area contributed by atoms with Crippen molar-refractivity contribution >= 4 is 11.6 Å². The lowest BCUT2D eigenvalue weighted by Gasteiger charge is -2.02. The van der Waals surface area contributed by atoms with Crippen molar-refractivity contribution in [2.24, 2.45) is 0 Å². The summed E-state index contributed by atoms with van der Waals surface area (Å²) in [4.78, 5) is 12.1. The maximum Gasteiger partial charge on any atom is 0.347 e. The molecule has 0 bridgehead atoms. The third-order valence-electron chi connectivity index (χ3n) is 2.59. The van der Waals surface area contributed by atoms with Gasteiger partial charge < -0.3 is 0 Å². The molecule has 0 aliphatic carbocycles. The largest absolute Gasteiger partial charge is 0.347 e. The average Bonchev–Trinajstić information content (AvgIpc) is 2.72. The van der Waals surface area contributed by atoms with E-state index in [2.05, 4.69) is 16.9 Å². The van der Waals surface area contributed by atoms with Crippen LogP contribution in [0.1, 0.15) is 0 Å². The van der Waals surface area contributed by atoms with Crippen LogP contribution in [0.2, 0.25) is 5.02 Å². The van der Waals surface area contributed by atoms with Crippen molar-refractivity contribution in [1.82, 2.24) is 14.3 Å². The van der Waals surface area contributed by atoms with Gasteiger partial charge in [0, 0.05) is 5.56 Å². The van der Waals surface area contributed by atoms with Crippen molar-refractivity contribution in [2.45, 2.75) is 13.1 Å². The molecule has 0 saturated heterocycles. The van der Waals surface area contributed by atoms with E-state index in [1.807, 2.05) is 0 Å². The van der Waals surface area contributed by atoms with Crippen molar-refractivity contribution < 1.29 is 4.39 Å². The number of benzene rings is 1. The molecule has 6 heteroatoms. The standard InChI is InChI=1S/C14H9ClFN3O/c1-3-7-18-13(17-19(8-4-2)14(18)20)10-5-6-12(16)11(15)9-10/h1-2,5-6,9H,7-8H2. The minimum absolute atomic E-state index is 0.0261. The van der Waals surface area contributed by atoms with Gasteiger partial charge in [-0.2, -0.15) is 0 Å². The molecule has 0 saturated carbocycles. The first kappa shape index (κ1) is 13.9. The second-order valence-corrected chi connectivity index (χ2v) is 4.29. The van der Waals surface area contributed by atoms with Gasteiger partial charge in [-0.3, -0.25) is 4.57 Å². The molecule has 1 aromatic carbocycles. The number of aromatic nitrogens is 3. The first-order valence-electron chi connectivity index (χ1n) is 5.58. The fraction of sp³-hybridized carbons (Fsp3) is 0.143. The lowest BCUT2D eigenvalue weighted by atomic mass is 10.2. The van der Waals surface area contributed by atoms with Gasteiger partial charge in [0.15, 0.2) is 5.82 Å². The topological polar surface area (TPSA) is 39.8 Å². The Morgan fingerprint density at radius 1 is 1.30 bits per heavy atom. The Kier molecular flexibility index (Phi) is 3.93. The molecule has 4 nitrogen and oxygen atoms in total. The Morgan fingerprint density at radius 3 is 2.60 bits per heavy atom. The van der Waals surface area contributed by atoms with Gasteiger partial charge in [0.25, 0.3) is 0 Å². The molecular weight excluding hydrogens is 281 g/mol. The highest BCUT2D eigenvalue weighted by atomic mass is 35.5. The Bertz CT molecular complexity index is 792. The molecule has 0 amide bonds. The van der Waals surface area contributed by atoms with Crippen LogP contribution in [0.25, 0.3) is 11.4 Å². The van der Waals surface area contributed by atoms with Gasteiger partial charge in [-0.05, 0) is 18.2 Å². The summed E-state index contributed by atoms with van der Waals surface area (Å²) in [6.07, 6.45) is 10.4. The molecule has 20 heavy (non-hydrogen) atoms. The number of nitrogens with zero attached hydrogens (tertiary/aromatic N) is 3. The molecule has 0 unspecified atom stereocenters. The van der Waals surface area contributed by atoms with Crippen molar-refractivity contribution in [1.29, 1.82) is 0 Å². The molecular formula is C14H9ClFN3O. The van der Waals surface area contributed by atoms with Crippen LogP contribution in [0.3, 0.4) is 0 Å². The summed E-state index contributed by atoms with van der Waals surface area (Å²) in [6, 6.07) is 4.05. The molecule has 0 radical (unpaired) electrons. The maximum atomic E-state index is 13.2. The summed E-state index contributed by atoms with van der Waals surface area (Å²) in [5, 5.41) is 4.05. The van der Waals surface area contributed by atoms with E-state index < -0.39 is 11.5 Å². The van der Waals surface area contributed by atoms with Crippen molar-refractivity contribution in [3.05, 3.63) is 39.5 Å². The van der Waals surface area contributed by atoms with Crippen LogP contribution in [-0.2, 0) is 13.1 Å². The SMILES string of the molecule is C#CCn1nc(-c2ccc(F)c(Cl)c2)n(CC#C)c1=O. The lowest BCUT2D eigenvalue weighted by molar-refractivity contribution is 0.628. The predicted octanol–water partition coefficient (Wildman–Crippen LogP) is 1.77. The second kappa shape index (κ2) is 5.64. The Morgan fingerprint density at radius 2 is 2.00 bits per heavy atom. The predicted molar refractivity (Wildman–Crippen MR) is 74.6 cm³/mol. The zero-order valence-corrected chi connectivity index (χ0v) is 11.1. The summed E-state index contributed by atoms with van der Waals surface area (Å²) in [6.45, 7) is 0.0616. The van der Waals surface area contributed by atoms with Gasteiger partial charge in [0.05, 0.1) is 11.6 Å². The van der Waals surface area contributed by atoms with Gasteiger partial charge in [-0.25, -0.2) is 13.9 Å². The van der Waals surface area contributed by atoms with Crippen molar-refractivity contribution in [3.63, 3.8) is 0 Å². The van der Waals surface area contributed by atoms with E-state index in [0.717, 1.165) is 4.68 Å². The Labute approximate surface area is 119 Å². The van der Waals surface area contributed by atoms with Gasteiger partial charge in [0.1, 0.15) is 12.4 Å². The molecule has 0 atom stereocenters. The van der Waals surface area contributed by atoms with Crippen LogP contribution < -0.4 is 5.69 Å². The lowest BCUT2D eigenvalue weighted by Crippen LogP contribution is -2.24. The first-order chi connectivity index (χ1) is 9.58. The number of hydrogen-bond donors (Lipinski definition) is 0. The van der Waals surface area contributed by atoms with E-state index in [9.17, 15) is 9.18 Å². The minimum atomic E-state index is -0.552. The van der Waals surface area contributed by atoms with Crippen molar-refractivity contribution in [2.75, 3.05) is 0 Å². The van der Waals surface area contributed by atoms with Gasteiger partial charge in [-0.1, -0.05) is 23.4 Å². The monoisotopic (exact) mass is 289 g/mol. The van der Waals surface area contributed by atoms with Crippen LogP contribution in [0, 0.1) is 30.5 Å². The van der Waals surface area contributed by atoms with Crippen LogP contribution in [0.4, 0.5) is 4.39 Å². The van der Waals surface area contributed by atoms with Crippen LogP contribution in [-0.4, -0.2) is 14.3 Å².